The number of rotatable bonds is 5. The van der Waals surface area contributed by atoms with E-state index in [1.54, 1.807) is 0 Å². The molecule has 1 fully saturated rings. The molecule has 82 valence electrons. The second kappa shape index (κ2) is 5.54. The molecule has 0 spiro atoms. The highest BCUT2D eigenvalue weighted by Crippen LogP contribution is 2.19. The molecule has 1 saturated heterocycles. The van der Waals surface area contributed by atoms with Crippen molar-refractivity contribution >= 4 is 12.6 Å². The predicted octanol–water partition coefficient (Wildman–Crippen LogP) is 2.12. The minimum absolute atomic E-state index is 0.302. The molecule has 2 nitrogen and oxygen atoms in total. The number of thiol groups is 1. The van der Waals surface area contributed by atoms with Crippen molar-refractivity contribution < 1.29 is 9.47 Å². The fraction of sp³-hybridized carbons (Fsp3) is 0.500. The predicted molar refractivity (Wildman–Crippen MR) is 63.6 cm³/mol. The third kappa shape index (κ3) is 2.97. The quantitative estimate of drug-likeness (QED) is 0.772. The first-order chi connectivity index (χ1) is 7.40. The number of benzene rings is 1. The minimum Gasteiger partial charge on any atom is -0.376 e. The summed E-state index contributed by atoms with van der Waals surface area (Å²) in [6, 6.07) is 10.4. The summed E-state index contributed by atoms with van der Waals surface area (Å²) in [6.45, 7) is 2.23. The van der Waals surface area contributed by atoms with Gasteiger partial charge in [0, 0.05) is 5.92 Å². The van der Waals surface area contributed by atoms with Gasteiger partial charge in [0.15, 0.2) is 0 Å². The zero-order valence-corrected chi connectivity index (χ0v) is 9.53. The van der Waals surface area contributed by atoms with Crippen LogP contribution >= 0.6 is 12.6 Å². The molecule has 1 aromatic rings. The van der Waals surface area contributed by atoms with Crippen molar-refractivity contribution in [2.24, 2.45) is 0 Å². The van der Waals surface area contributed by atoms with E-state index in [4.69, 9.17) is 9.47 Å². The van der Waals surface area contributed by atoms with Gasteiger partial charge < -0.3 is 9.47 Å². The topological polar surface area (TPSA) is 18.5 Å². The molecule has 1 atom stereocenters. The molecule has 0 saturated carbocycles. The molecule has 2 rings (SSSR count). The fourth-order valence-electron chi connectivity index (χ4n) is 1.54. The molecule has 0 bridgehead atoms. The molecule has 1 aliphatic heterocycles. The smallest absolute Gasteiger partial charge is 0.104 e. The molecule has 0 N–H and O–H groups in total. The normalized spacial score (nSPS) is 18.5. The maximum Gasteiger partial charge on any atom is 0.104 e. The number of hydrogen-bond acceptors (Lipinski definition) is 3. The van der Waals surface area contributed by atoms with Crippen LogP contribution in [0.25, 0.3) is 0 Å². The van der Waals surface area contributed by atoms with Crippen LogP contribution in [0.1, 0.15) is 11.5 Å². The van der Waals surface area contributed by atoms with Crippen LogP contribution in [0, 0.1) is 0 Å². The first-order valence-electron chi connectivity index (χ1n) is 5.25. The molecule has 0 aliphatic carbocycles. The average Bonchev–Trinajstić information content (AvgIpc) is 2.23. The van der Waals surface area contributed by atoms with Gasteiger partial charge in [-0.05, 0) is 11.3 Å². The van der Waals surface area contributed by atoms with Crippen molar-refractivity contribution in [3.05, 3.63) is 35.9 Å². The van der Waals surface area contributed by atoms with Gasteiger partial charge in [-0.15, -0.1) is 0 Å². The second-order valence-electron chi connectivity index (χ2n) is 3.78. The van der Waals surface area contributed by atoms with E-state index in [0.29, 0.717) is 12.0 Å². The van der Waals surface area contributed by atoms with Gasteiger partial charge in [-0.2, -0.15) is 12.6 Å². The SMILES string of the molecule is SCC(COC1COC1)c1ccccc1. The van der Waals surface area contributed by atoms with E-state index in [9.17, 15) is 0 Å². The van der Waals surface area contributed by atoms with Crippen molar-refractivity contribution in [3.63, 3.8) is 0 Å². The summed E-state index contributed by atoms with van der Waals surface area (Å²) in [6.07, 6.45) is 0.302. The Morgan fingerprint density at radius 3 is 2.60 bits per heavy atom. The van der Waals surface area contributed by atoms with Crippen LogP contribution in [0.3, 0.4) is 0 Å². The van der Waals surface area contributed by atoms with Crippen LogP contribution in [0.4, 0.5) is 0 Å². The Labute approximate surface area is 96.0 Å². The van der Waals surface area contributed by atoms with Gasteiger partial charge >= 0.3 is 0 Å². The van der Waals surface area contributed by atoms with Gasteiger partial charge in [-0.1, -0.05) is 30.3 Å². The Morgan fingerprint density at radius 2 is 2.07 bits per heavy atom. The molecular formula is C12H16O2S. The van der Waals surface area contributed by atoms with Gasteiger partial charge in [0.05, 0.1) is 19.8 Å². The van der Waals surface area contributed by atoms with E-state index in [1.807, 2.05) is 6.07 Å². The Kier molecular flexibility index (Phi) is 4.06. The average molecular weight is 224 g/mol. The highest BCUT2D eigenvalue weighted by Gasteiger charge is 2.20. The maximum atomic E-state index is 5.71. The lowest BCUT2D eigenvalue weighted by Gasteiger charge is -2.28. The summed E-state index contributed by atoms with van der Waals surface area (Å²) in [5.41, 5.74) is 1.30. The zero-order valence-electron chi connectivity index (χ0n) is 8.63. The zero-order chi connectivity index (χ0) is 10.5. The second-order valence-corrected chi connectivity index (χ2v) is 4.15. The lowest BCUT2D eigenvalue weighted by atomic mass is 10.0. The van der Waals surface area contributed by atoms with Crippen LogP contribution < -0.4 is 0 Å². The van der Waals surface area contributed by atoms with Gasteiger partial charge in [0.25, 0.3) is 0 Å². The molecule has 1 aromatic carbocycles. The number of hydrogen-bond donors (Lipinski definition) is 1. The standard InChI is InChI=1S/C12H16O2S/c15-9-11(6-14-12-7-13-8-12)10-4-2-1-3-5-10/h1-5,11-12,15H,6-9H2. The van der Waals surface area contributed by atoms with E-state index in [1.165, 1.54) is 5.56 Å². The van der Waals surface area contributed by atoms with Crippen LogP contribution in [0.5, 0.6) is 0 Å². The molecule has 15 heavy (non-hydrogen) atoms. The molecule has 0 aromatic heterocycles. The number of ether oxygens (including phenoxy) is 2. The van der Waals surface area contributed by atoms with Gasteiger partial charge in [0.2, 0.25) is 0 Å². The maximum absolute atomic E-state index is 5.71. The van der Waals surface area contributed by atoms with Crippen molar-refractivity contribution in [2.75, 3.05) is 25.6 Å². The highest BCUT2D eigenvalue weighted by atomic mass is 32.1. The minimum atomic E-state index is 0.302. The van der Waals surface area contributed by atoms with E-state index >= 15 is 0 Å². The van der Waals surface area contributed by atoms with Gasteiger partial charge in [-0.3, -0.25) is 0 Å². The Bertz CT molecular complexity index is 285. The summed E-state index contributed by atoms with van der Waals surface area (Å²) >= 11 is 4.37. The molecule has 0 radical (unpaired) electrons. The van der Waals surface area contributed by atoms with E-state index < -0.39 is 0 Å². The third-order valence-corrected chi connectivity index (χ3v) is 3.07. The van der Waals surface area contributed by atoms with Gasteiger partial charge in [-0.25, -0.2) is 0 Å². The van der Waals surface area contributed by atoms with E-state index in [-0.39, 0.29) is 0 Å². The lowest BCUT2D eigenvalue weighted by molar-refractivity contribution is -0.131. The molecule has 1 heterocycles. The summed E-state index contributed by atoms with van der Waals surface area (Å²) in [5.74, 6) is 1.20. The van der Waals surface area contributed by atoms with Crippen molar-refractivity contribution in [1.29, 1.82) is 0 Å². The van der Waals surface area contributed by atoms with Crippen LogP contribution in [-0.4, -0.2) is 31.7 Å². The van der Waals surface area contributed by atoms with E-state index in [2.05, 4.69) is 36.9 Å². The molecule has 1 aliphatic rings. The Hall–Kier alpha value is -0.510. The van der Waals surface area contributed by atoms with E-state index in [0.717, 1.165) is 25.6 Å². The fourth-order valence-corrected chi connectivity index (χ4v) is 1.86. The monoisotopic (exact) mass is 224 g/mol. The molecule has 3 heteroatoms. The summed E-state index contributed by atoms with van der Waals surface area (Å²) in [4.78, 5) is 0. The van der Waals surface area contributed by atoms with Crippen molar-refractivity contribution in [3.8, 4) is 0 Å². The van der Waals surface area contributed by atoms with Crippen LogP contribution in [0.15, 0.2) is 30.3 Å². The van der Waals surface area contributed by atoms with Crippen molar-refractivity contribution in [1.82, 2.24) is 0 Å². The largest absolute Gasteiger partial charge is 0.376 e. The Balaban J connectivity index is 1.86. The summed E-state index contributed by atoms with van der Waals surface area (Å²) in [5, 5.41) is 0. The first kappa shape index (κ1) is 11.0. The summed E-state index contributed by atoms with van der Waals surface area (Å²) < 4.78 is 10.8. The molecular weight excluding hydrogens is 208 g/mol. The summed E-state index contributed by atoms with van der Waals surface area (Å²) in [7, 11) is 0. The third-order valence-electron chi connectivity index (χ3n) is 2.63. The van der Waals surface area contributed by atoms with Gasteiger partial charge in [0.1, 0.15) is 6.10 Å². The van der Waals surface area contributed by atoms with Crippen molar-refractivity contribution in [2.45, 2.75) is 12.0 Å². The lowest BCUT2D eigenvalue weighted by Crippen LogP contribution is -2.37. The highest BCUT2D eigenvalue weighted by molar-refractivity contribution is 7.80. The molecule has 0 amide bonds. The molecule has 1 unspecified atom stereocenters. The first-order valence-corrected chi connectivity index (χ1v) is 5.88. The van der Waals surface area contributed by atoms with Crippen LogP contribution in [-0.2, 0) is 9.47 Å². The van der Waals surface area contributed by atoms with Crippen LogP contribution in [0.2, 0.25) is 0 Å². The Morgan fingerprint density at radius 1 is 1.33 bits per heavy atom.